The van der Waals surface area contributed by atoms with E-state index in [-0.39, 0.29) is 11.5 Å². The Bertz CT molecular complexity index is 751. The quantitative estimate of drug-likeness (QED) is 0.453. The van der Waals surface area contributed by atoms with Crippen molar-refractivity contribution in [3.05, 3.63) is 54.1 Å². The summed E-state index contributed by atoms with van der Waals surface area (Å²) < 4.78 is 10.4. The molecule has 0 saturated carbocycles. The van der Waals surface area contributed by atoms with E-state index in [1.807, 2.05) is 6.07 Å². The summed E-state index contributed by atoms with van der Waals surface area (Å²) >= 11 is 0. The van der Waals surface area contributed by atoms with Gasteiger partial charge in [-0.1, -0.05) is 35.5 Å². The highest BCUT2D eigenvalue weighted by Gasteiger charge is 2.13. The van der Waals surface area contributed by atoms with Gasteiger partial charge in [0.05, 0.1) is 26.1 Å². The number of rotatable bonds is 8. The second-order valence-electron chi connectivity index (χ2n) is 4.82. The third kappa shape index (κ3) is 5.07. The van der Waals surface area contributed by atoms with Crippen LogP contribution >= 0.6 is 0 Å². The van der Waals surface area contributed by atoms with E-state index >= 15 is 0 Å². The normalized spacial score (nSPS) is 11.2. The molecule has 7 nitrogen and oxygen atoms in total. The topological polar surface area (TPSA) is 81.5 Å². The Labute approximate surface area is 145 Å². The molecule has 0 radical (unpaired) electrons. The number of benzene rings is 2. The molecule has 2 aromatic rings. The van der Waals surface area contributed by atoms with Crippen LogP contribution in [0.1, 0.15) is 10.4 Å². The zero-order valence-electron chi connectivity index (χ0n) is 14.2. The maximum atomic E-state index is 12.6. The minimum atomic E-state index is -0.288. The molecular weight excluding hydrogens is 322 g/mol. The van der Waals surface area contributed by atoms with Crippen molar-refractivity contribution < 1.29 is 19.1 Å². The number of Topliss-reactive ketones (excluding diaryl/α,β-unsaturated/α-hetero) is 1. The highest BCUT2D eigenvalue weighted by Crippen LogP contribution is 2.25. The van der Waals surface area contributed by atoms with Crippen LogP contribution in [0.2, 0.25) is 0 Å². The number of nitrogens with one attached hydrogen (secondary N) is 1. The van der Waals surface area contributed by atoms with Gasteiger partial charge in [-0.3, -0.25) is 10.2 Å². The van der Waals surface area contributed by atoms with E-state index in [1.54, 1.807) is 56.7 Å². The van der Waals surface area contributed by atoms with Gasteiger partial charge in [-0.25, -0.2) is 0 Å². The van der Waals surface area contributed by atoms with Crippen LogP contribution in [0.5, 0.6) is 11.5 Å². The molecule has 1 N–H and O–H groups in total. The first kappa shape index (κ1) is 18.0. The lowest BCUT2D eigenvalue weighted by atomic mass is 10.1. The van der Waals surface area contributed by atoms with E-state index in [2.05, 4.69) is 20.5 Å². The highest BCUT2D eigenvalue weighted by molar-refractivity contribution is 6.64. The summed E-state index contributed by atoms with van der Waals surface area (Å²) in [5, 5.41) is 7.77. The smallest absolute Gasteiger partial charge is 0.214 e. The molecule has 0 aromatic heterocycles. The highest BCUT2D eigenvalue weighted by atomic mass is 16.6. The van der Waals surface area contributed by atoms with Crippen molar-refractivity contribution in [2.45, 2.75) is 0 Å². The Morgan fingerprint density at radius 3 is 2.20 bits per heavy atom. The molecule has 0 unspecified atom stereocenters. The van der Waals surface area contributed by atoms with Gasteiger partial charge >= 0.3 is 0 Å². The molecule has 0 saturated heterocycles. The van der Waals surface area contributed by atoms with Crippen LogP contribution in [-0.2, 0) is 4.84 Å². The van der Waals surface area contributed by atoms with Gasteiger partial charge in [0.15, 0.2) is 5.71 Å². The first-order valence-corrected chi connectivity index (χ1v) is 7.41. The largest absolute Gasteiger partial charge is 0.497 e. The number of hydrogen-bond acceptors (Lipinski definition) is 7. The number of hydrazone groups is 1. The number of nitrogens with zero attached hydrogens (tertiary/aromatic N) is 2. The first-order chi connectivity index (χ1) is 12.2. The van der Waals surface area contributed by atoms with Crippen molar-refractivity contribution in [1.82, 2.24) is 0 Å². The second-order valence-corrected chi connectivity index (χ2v) is 4.82. The lowest BCUT2D eigenvalue weighted by molar-refractivity contribution is 0.106. The fraction of sp³-hybridized carbons (Fsp3) is 0.167. The number of methoxy groups -OCH3 is 2. The van der Waals surface area contributed by atoms with Gasteiger partial charge in [0.2, 0.25) is 5.78 Å². The minimum Gasteiger partial charge on any atom is -0.497 e. The monoisotopic (exact) mass is 341 g/mol. The molecule has 0 heterocycles. The fourth-order valence-electron chi connectivity index (χ4n) is 1.98. The molecule has 7 heteroatoms. The van der Waals surface area contributed by atoms with Gasteiger partial charge in [-0.15, -0.1) is 0 Å². The molecule has 25 heavy (non-hydrogen) atoms. The summed E-state index contributed by atoms with van der Waals surface area (Å²) in [6.45, 7) is 0. The fourth-order valence-corrected chi connectivity index (χ4v) is 1.98. The molecule has 0 aliphatic rings. The van der Waals surface area contributed by atoms with Gasteiger partial charge in [-0.2, -0.15) is 5.10 Å². The maximum absolute atomic E-state index is 12.6. The lowest BCUT2D eigenvalue weighted by Gasteiger charge is -2.08. The van der Waals surface area contributed by atoms with Crippen LogP contribution in [0.15, 0.2) is 58.8 Å². The molecule has 0 aliphatic carbocycles. The molecule has 0 atom stereocenters. The van der Waals surface area contributed by atoms with Crippen molar-refractivity contribution in [2.75, 3.05) is 26.8 Å². The Hall–Kier alpha value is -3.35. The Kier molecular flexibility index (Phi) is 6.53. The van der Waals surface area contributed by atoms with Crippen molar-refractivity contribution in [2.24, 2.45) is 10.3 Å². The third-order valence-electron chi connectivity index (χ3n) is 3.21. The van der Waals surface area contributed by atoms with Crippen LogP contribution in [0, 0.1) is 0 Å². The van der Waals surface area contributed by atoms with Crippen LogP contribution in [0.3, 0.4) is 0 Å². The van der Waals surface area contributed by atoms with Gasteiger partial charge in [0.25, 0.3) is 0 Å². The predicted octanol–water partition coefficient (Wildman–Crippen LogP) is 2.99. The van der Waals surface area contributed by atoms with Gasteiger partial charge in [-0.05, 0) is 0 Å². The van der Waals surface area contributed by atoms with E-state index in [9.17, 15) is 4.79 Å². The molecule has 130 valence electrons. The number of ketones is 1. The van der Waals surface area contributed by atoms with Crippen LogP contribution in [-0.4, -0.2) is 39.0 Å². The molecule has 2 aromatic carbocycles. The number of carbonyl (C=O) groups excluding carboxylic acids is 1. The SMILES string of the molecule is CO/N=C/C(=N\Nc1cc(OC)cc(OC)c1)C(=O)c1ccccc1. The van der Waals surface area contributed by atoms with Crippen LogP contribution < -0.4 is 14.9 Å². The van der Waals surface area contributed by atoms with E-state index in [0.29, 0.717) is 22.7 Å². The summed E-state index contributed by atoms with van der Waals surface area (Å²) in [4.78, 5) is 17.2. The first-order valence-electron chi connectivity index (χ1n) is 7.41. The summed E-state index contributed by atoms with van der Waals surface area (Å²) in [7, 11) is 4.50. The molecular formula is C18H19N3O4. The summed E-state index contributed by atoms with van der Waals surface area (Å²) in [5.74, 6) is 0.904. The van der Waals surface area contributed by atoms with Gasteiger partial charge < -0.3 is 14.3 Å². The standard InChI is InChI=1S/C18H19N3O4/c1-23-15-9-14(10-16(11-15)24-2)20-21-17(12-19-25-3)18(22)13-7-5-4-6-8-13/h4-12,20H,1-3H3/b19-12+,21-17+. The summed E-state index contributed by atoms with van der Waals surface area (Å²) in [6.07, 6.45) is 1.25. The van der Waals surface area contributed by atoms with Gasteiger partial charge in [0.1, 0.15) is 18.6 Å². The molecule has 2 rings (SSSR count). The number of hydrogen-bond donors (Lipinski definition) is 1. The number of ether oxygens (including phenoxy) is 2. The number of oxime groups is 1. The Morgan fingerprint density at radius 1 is 1.00 bits per heavy atom. The molecule has 0 spiro atoms. The zero-order chi connectivity index (χ0) is 18.1. The van der Waals surface area contributed by atoms with E-state index < -0.39 is 0 Å². The average Bonchev–Trinajstić information content (AvgIpc) is 2.67. The molecule has 0 aliphatic heterocycles. The average molecular weight is 341 g/mol. The zero-order valence-corrected chi connectivity index (χ0v) is 14.2. The maximum Gasteiger partial charge on any atom is 0.214 e. The van der Waals surface area contributed by atoms with E-state index in [4.69, 9.17) is 9.47 Å². The van der Waals surface area contributed by atoms with Crippen molar-refractivity contribution in [3.63, 3.8) is 0 Å². The molecule has 0 bridgehead atoms. The minimum absolute atomic E-state index is 0.0924. The molecule has 0 fully saturated rings. The van der Waals surface area contributed by atoms with E-state index in [0.717, 1.165) is 0 Å². The van der Waals surface area contributed by atoms with E-state index in [1.165, 1.54) is 13.3 Å². The van der Waals surface area contributed by atoms with Crippen molar-refractivity contribution in [3.8, 4) is 11.5 Å². The van der Waals surface area contributed by atoms with Gasteiger partial charge in [0, 0.05) is 23.8 Å². The second kappa shape index (κ2) is 9.07. The van der Waals surface area contributed by atoms with Crippen LogP contribution in [0.25, 0.3) is 0 Å². The summed E-state index contributed by atoms with van der Waals surface area (Å²) in [6, 6.07) is 14.0. The predicted molar refractivity (Wildman–Crippen MR) is 96.9 cm³/mol. The Morgan fingerprint density at radius 2 is 1.64 bits per heavy atom. The summed E-state index contributed by atoms with van der Waals surface area (Å²) in [5.41, 5.74) is 4.00. The molecule has 0 amide bonds. The Balaban J connectivity index is 2.29. The third-order valence-corrected chi connectivity index (χ3v) is 3.21. The van der Waals surface area contributed by atoms with Crippen molar-refractivity contribution >= 4 is 23.4 Å². The van der Waals surface area contributed by atoms with Crippen molar-refractivity contribution in [1.29, 1.82) is 0 Å². The van der Waals surface area contributed by atoms with Crippen LogP contribution in [0.4, 0.5) is 5.69 Å². The number of carbonyl (C=O) groups is 1. The lowest BCUT2D eigenvalue weighted by Crippen LogP contribution is -2.17. The number of anilines is 1.